The minimum Gasteiger partial charge on any atom is -0.445 e. The van der Waals surface area contributed by atoms with Gasteiger partial charge in [0.05, 0.1) is 24.5 Å². The quantitative estimate of drug-likeness (QED) is 0.114. The van der Waals surface area contributed by atoms with E-state index in [9.17, 15) is 19.2 Å². The van der Waals surface area contributed by atoms with Crippen LogP contribution in [0.25, 0.3) is 0 Å². The average molecular weight is 510 g/mol. The van der Waals surface area contributed by atoms with Gasteiger partial charge in [0.1, 0.15) is 12.4 Å². The van der Waals surface area contributed by atoms with Crippen LogP contribution >= 0.6 is 0 Å². The molecule has 2 amide bonds. The Morgan fingerprint density at radius 3 is 2.40 bits per heavy atom. The molecule has 196 valence electrons. The molecule has 5 atom stereocenters. The summed E-state index contributed by atoms with van der Waals surface area (Å²) in [6, 6.07) is -0.453. The number of aliphatic imine (C=N–C) groups is 1. The van der Waals surface area contributed by atoms with E-state index in [1.54, 1.807) is 0 Å². The number of hydrogen-bond donors (Lipinski definition) is 2. The van der Waals surface area contributed by atoms with E-state index in [2.05, 4.69) is 62.6 Å². The van der Waals surface area contributed by atoms with Gasteiger partial charge in [0.25, 0.3) is 0 Å². The summed E-state index contributed by atoms with van der Waals surface area (Å²) in [7, 11) is -2.13. The molecule has 0 bridgehead atoms. The van der Waals surface area contributed by atoms with Crippen molar-refractivity contribution < 1.29 is 33.1 Å². The SMILES string of the molecule is C=CCOC(=O)NCC(C(=O)C[C@H]1NC(=O)[C@@H]1[C@@H](C)O[Si](C)(C)C(C)(C)C)C(N=C=O)OCC=C. The maximum atomic E-state index is 13.3. The van der Waals surface area contributed by atoms with Gasteiger partial charge in [-0.15, -0.1) is 6.58 Å². The Bertz CT molecular complexity index is 833. The fourth-order valence-corrected chi connectivity index (χ4v) is 4.90. The smallest absolute Gasteiger partial charge is 0.407 e. The minimum absolute atomic E-state index is 0.00473. The van der Waals surface area contributed by atoms with Gasteiger partial charge in [0.2, 0.25) is 12.0 Å². The molecule has 1 heterocycles. The number of carbonyl (C=O) groups excluding carboxylic acids is 4. The number of nitrogens with one attached hydrogen (secondary N) is 2. The lowest BCUT2D eigenvalue weighted by molar-refractivity contribution is -0.142. The second-order valence-corrected chi connectivity index (χ2v) is 14.8. The van der Waals surface area contributed by atoms with Crippen LogP contribution in [0.2, 0.25) is 18.1 Å². The summed E-state index contributed by atoms with van der Waals surface area (Å²) >= 11 is 0. The molecule has 0 aromatic carbocycles. The molecule has 2 unspecified atom stereocenters. The number of Topliss-reactive ketones (excluding diaryl/α,β-unsaturated/α-hetero) is 1. The lowest BCUT2D eigenvalue weighted by Crippen LogP contribution is -2.64. The monoisotopic (exact) mass is 509 g/mol. The van der Waals surface area contributed by atoms with E-state index >= 15 is 0 Å². The highest BCUT2D eigenvalue weighted by molar-refractivity contribution is 6.74. The third kappa shape index (κ3) is 8.85. The highest BCUT2D eigenvalue weighted by atomic mass is 28.4. The number of hydrogen-bond acceptors (Lipinski definition) is 8. The number of carbonyl (C=O) groups is 3. The first kappa shape index (κ1) is 30.4. The van der Waals surface area contributed by atoms with Gasteiger partial charge in [0, 0.05) is 19.0 Å². The van der Waals surface area contributed by atoms with Gasteiger partial charge in [0.15, 0.2) is 14.5 Å². The fraction of sp³-hybridized carbons (Fsp3) is 0.667. The van der Waals surface area contributed by atoms with Crippen LogP contribution in [0.3, 0.4) is 0 Å². The van der Waals surface area contributed by atoms with Crippen molar-refractivity contribution in [2.75, 3.05) is 19.8 Å². The molecule has 0 radical (unpaired) electrons. The Kier molecular flexibility index (Phi) is 11.7. The standard InChI is InChI=1S/C24H39N3O7Si/c1-9-11-32-22(26-15-28)17(14-25-23(31)33-12-10-2)19(29)13-18-20(21(30)27-18)16(3)34-35(7,8)24(4,5)6/h9-10,16-18,20,22H,1-2,11-14H2,3-8H3,(H,25,31)(H,27,30)/t16-,17?,18-,20-,22?/m1/s1. The number of β-lactam (4-membered cyclic amide) rings is 1. The van der Waals surface area contributed by atoms with E-state index in [0.29, 0.717) is 0 Å². The first-order valence-electron chi connectivity index (χ1n) is 11.6. The first-order valence-corrected chi connectivity index (χ1v) is 14.5. The molecule has 0 aromatic rings. The molecule has 1 fully saturated rings. The summed E-state index contributed by atoms with van der Waals surface area (Å²) in [6.07, 6.45) is 1.89. The van der Waals surface area contributed by atoms with Crippen LogP contribution < -0.4 is 10.6 Å². The topological polar surface area (TPSA) is 132 Å². The Morgan fingerprint density at radius 1 is 1.26 bits per heavy atom. The fourth-order valence-electron chi connectivity index (χ4n) is 3.47. The second-order valence-electron chi connectivity index (χ2n) is 10.0. The number of rotatable bonds is 15. The Morgan fingerprint density at radius 2 is 1.89 bits per heavy atom. The van der Waals surface area contributed by atoms with Crippen molar-refractivity contribution in [1.82, 2.24) is 10.6 Å². The summed E-state index contributed by atoms with van der Waals surface area (Å²) in [4.78, 5) is 52.1. The summed E-state index contributed by atoms with van der Waals surface area (Å²) in [5, 5.41) is 5.22. The summed E-state index contributed by atoms with van der Waals surface area (Å²) in [6.45, 7) is 19.2. The first-order chi connectivity index (χ1) is 16.3. The molecule has 1 aliphatic rings. The number of alkyl carbamates (subject to hydrolysis) is 1. The van der Waals surface area contributed by atoms with Crippen molar-refractivity contribution in [3.05, 3.63) is 25.3 Å². The van der Waals surface area contributed by atoms with Crippen LogP contribution in [-0.4, -0.2) is 70.3 Å². The molecular weight excluding hydrogens is 470 g/mol. The van der Waals surface area contributed by atoms with Crippen molar-refractivity contribution in [1.29, 1.82) is 0 Å². The third-order valence-corrected chi connectivity index (χ3v) is 11.0. The number of ketones is 1. The lowest BCUT2D eigenvalue weighted by Gasteiger charge is -2.45. The van der Waals surface area contributed by atoms with Crippen LogP contribution in [0.15, 0.2) is 30.3 Å². The number of ether oxygens (including phenoxy) is 2. The molecule has 2 N–H and O–H groups in total. The molecule has 0 aliphatic carbocycles. The highest BCUT2D eigenvalue weighted by Gasteiger charge is 2.48. The zero-order valence-corrected chi connectivity index (χ0v) is 22.6. The number of nitrogens with zero attached hydrogens (tertiary/aromatic N) is 1. The van der Waals surface area contributed by atoms with Gasteiger partial charge in [-0.3, -0.25) is 9.59 Å². The van der Waals surface area contributed by atoms with Crippen LogP contribution in [0.4, 0.5) is 4.79 Å². The molecule has 35 heavy (non-hydrogen) atoms. The van der Waals surface area contributed by atoms with Crippen LogP contribution in [0, 0.1) is 11.8 Å². The number of isocyanates is 1. The second kappa shape index (κ2) is 13.5. The van der Waals surface area contributed by atoms with E-state index in [4.69, 9.17) is 13.9 Å². The van der Waals surface area contributed by atoms with Crippen LogP contribution in [0.1, 0.15) is 34.1 Å². The Balaban J connectivity index is 3.00. The van der Waals surface area contributed by atoms with Gasteiger partial charge in [-0.05, 0) is 25.1 Å². The van der Waals surface area contributed by atoms with Crippen molar-refractivity contribution in [3.63, 3.8) is 0 Å². The van der Waals surface area contributed by atoms with Gasteiger partial charge in [-0.1, -0.05) is 39.5 Å². The minimum atomic E-state index is -2.13. The van der Waals surface area contributed by atoms with E-state index in [1.165, 1.54) is 18.2 Å². The zero-order chi connectivity index (χ0) is 26.8. The molecule has 1 saturated heterocycles. The van der Waals surface area contributed by atoms with Gasteiger partial charge >= 0.3 is 6.09 Å². The van der Waals surface area contributed by atoms with Crippen molar-refractivity contribution in [3.8, 4) is 0 Å². The van der Waals surface area contributed by atoms with Crippen molar-refractivity contribution in [2.24, 2.45) is 16.8 Å². The van der Waals surface area contributed by atoms with E-state index < -0.39 is 38.5 Å². The largest absolute Gasteiger partial charge is 0.445 e. The van der Waals surface area contributed by atoms with E-state index in [-0.39, 0.29) is 49.0 Å². The molecule has 1 aliphatic heterocycles. The summed E-state index contributed by atoms with van der Waals surface area (Å²) in [5.74, 6) is -2.04. The molecule has 0 spiro atoms. The molecule has 0 saturated carbocycles. The maximum absolute atomic E-state index is 13.3. The highest BCUT2D eigenvalue weighted by Crippen LogP contribution is 2.39. The van der Waals surface area contributed by atoms with Crippen LogP contribution in [-0.2, 0) is 28.3 Å². The van der Waals surface area contributed by atoms with Crippen LogP contribution in [0.5, 0.6) is 0 Å². The normalized spacial score (nSPS) is 20.2. The summed E-state index contributed by atoms with van der Waals surface area (Å²) in [5.41, 5.74) is 0. The van der Waals surface area contributed by atoms with Gasteiger partial charge in [-0.2, -0.15) is 4.99 Å². The van der Waals surface area contributed by atoms with Crippen molar-refractivity contribution >= 4 is 32.2 Å². The Hall–Kier alpha value is -2.59. The molecule has 0 aromatic heterocycles. The predicted octanol–water partition coefficient (Wildman–Crippen LogP) is 2.86. The predicted molar refractivity (Wildman–Crippen MR) is 134 cm³/mol. The molecule has 10 nitrogen and oxygen atoms in total. The summed E-state index contributed by atoms with van der Waals surface area (Å²) < 4.78 is 16.7. The van der Waals surface area contributed by atoms with Crippen molar-refractivity contribution in [2.45, 2.75) is 70.6 Å². The van der Waals surface area contributed by atoms with E-state index in [0.717, 1.165) is 0 Å². The maximum Gasteiger partial charge on any atom is 0.407 e. The number of amides is 2. The molecule has 1 rings (SSSR count). The molecule has 11 heteroatoms. The Labute approximate surface area is 208 Å². The van der Waals surface area contributed by atoms with E-state index in [1.807, 2.05) is 6.92 Å². The van der Waals surface area contributed by atoms with Gasteiger partial charge in [-0.25, -0.2) is 9.59 Å². The molecular formula is C24H39N3O7Si. The lowest BCUT2D eigenvalue weighted by atomic mass is 9.81. The third-order valence-electron chi connectivity index (χ3n) is 6.40. The zero-order valence-electron chi connectivity index (χ0n) is 21.6. The van der Waals surface area contributed by atoms with Gasteiger partial charge < -0.3 is 24.5 Å². The average Bonchev–Trinajstić information content (AvgIpc) is 2.74.